The molecule has 19 heavy (non-hydrogen) atoms. The van der Waals surface area contributed by atoms with Gasteiger partial charge in [-0.2, -0.15) is 0 Å². The van der Waals surface area contributed by atoms with Crippen LogP contribution in [-0.4, -0.2) is 18.5 Å². The van der Waals surface area contributed by atoms with Gasteiger partial charge in [0.1, 0.15) is 0 Å². The highest BCUT2D eigenvalue weighted by Crippen LogP contribution is 2.25. The minimum atomic E-state index is 0.154. The summed E-state index contributed by atoms with van der Waals surface area (Å²) >= 11 is 0. The van der Waals surface area contributed by atoms with Gasteiger partial charge in [0, 0.05) is 12.5 Å². The third kappa shape index (κ3) is 3.80. The van der Waals surface area contributed by atoms with Crippen LogP contribution in [0.3, 0.4) is 0 Å². The van der Waals surface area contributed by atoms with E-state index in [1.165, 1.54) is 12.0 Å². The van der Waals surface area contributed by atoms with Crippen LogP contribution >= 0.6 is 0 Å². The summed E-state index contributed by atoms with van der Waals surface area (Å²) in [5, 5.41) is 3.16. The summed E-state index contributed by atoms with van der Waals surface area (Å²) in [6, 6.07) is 10.5. The Balaban J connectivity index is 1.84. The predicted octanol–water partition coefficient (Wildman–Crippen LogP) is 2.42. The molecular formula is C16H24N2O. The highest BCUT2D eigenvalue weighted by Gasteiger charge is 2.27. The van der Waals surface area contributed by atoms with Gasteiger partial charge in [0.2, 0.25) is 5.91 Å². The fourth-order valence-electron chi connectivity index (χ4n) is 2.95. The number of carbonyl (C=O) groups excluding carboxylic acids is 1. The normalized spacial score (nSPS) is 24.1. The summed E-state index contributed by atoms with van der Waals surface area (Å²) in [4.78, 5) is 12.1. The topological polar surface area (TPSA) is 55.1 Å². The average molecular weight is 260 g/mol. The van der Waals surface area contributed by atoms with Crippen LogP contribution in [0.25, 0.3) is 0 Å². The van der Waals surface area contributed by atoms with Gasteiger partial charge in [-0.3, -0.25) is 4.79 Å². The van der Waals surface area contributed by atoms with Crippen molar-refractivity contribution in [1.82, 2.24) is 5.32 Å². The molecule has 3 heteroatoms. The van der Waals surface area contributed by atoms with Crippen molar-refractivity contribution < 1.29 is 4.79 Å². The van der Waals surface area contributed by atoms with Gasteiger partial charge in [-0.1, -0.05) is 43.7 Å². The van der Waals surface area contributed by atoms with E-state index in [0.717, 1.165) is 12.8 Å². The number of carbonyl (C=O) groups is 1. The predicted molar refractivity (Wildman–Crippen MR) is 77.8 cm³/mol. The standard InChI is InChI=1S/C16H24N2O/c1-12(13-6-3-2-4-7-13)10-16(19)18-15-9-5-8-14(15)11-17/h2-4,6-7,12,14-15H,5,8-11,17H2,1H3,(H,18,19). The van der Waals surface area contributed by atoms with E-state index in [-0.39, 0.29) is 11.8 Å². The van der Waals surface area contributed by atoms with E-state index < -0.39 is 0 Å². The lowest BCUT2D eigenvalue weighted by atomic mass is 9.97. The van der Waals surface area contributed by atoms with E-state index in [1.807, 2.05) is 18.2 Å². The molecule has 1 aliphatic rings. The molecule has 3 unspecified atom stereocenters. The Kier molecular flexibility index (Phi) is 4.97. The highest BCUT2D eigenvalue weighted by atomic mass is 16.1. The Hall–Kier alpha value is -1.35. The average Bonchev–Trinajstić information content (AvgIpc) is 2.86. The number of rotatable bonds is 5. The van der Waals surface area contributed by atoms with Crippen LogP contribution in [0, 0.1) is 5.92 Å². The summed E-state index contributed by atoms with van der Waals surface area (Å²) < 4.78 is 0. The summed E-state index contributed by atoms with van der Waals surface area (Å²) in [6.45, 7) is 2.78. The third-order valence-corrected chi connectivity index (χ3v) is 4.17. The van der Waals surface area contributed by atoms with Gasteiger partial charge in [-0.25, -0.2) is 0 Å². The molecule has 1 aromatic carbocycles. The largest absolute Gasteiger partial charge is 0.353 e. The molecule has 1 saturated carbocycles. The number of nitrogens with one attached hydrogen (secondary N) is 1. The SMILES string of the molecule is CC(CC(=O)NC1CCCC1CN)c1ccccc1. The van der Waals surface area contributed by atoms with Crippen LogP contribution in [-0.2, 0) is 4.79 Å². The molecule has 104 valence electrons. The van der Waals surface area contributed by atoms with Crippen molar-refractivity contribution in [3.8, 4) is 0 Å². The minimum Gasteiger partial charge on any atom is -0.353 e. The Morgan fingerprint density at radius 2 is 2.11 bits per heavy atom. The Labute approximate surface area is 115 Å². The lowest BCUT2D eigenvalue weighted by Crippen LogP contribution is -2.40. The quantitative estimate of drug-likeness (QED) is 0.854. The first-order chi connectivity index (χ1) is 9.20. The van der Waals surface area contributed by atoms with Crippen LogP contribution in [0.5, 0.6) is 0 Å². The van der Waals surface area contributed by atoms with Crippen molar-refractivity contribution in [3.05, 3.63) is 35.9 Å². The molecule has 0 aliphatic heterocycles. The first-order valence-corrected chi connectivity index (χ1v) is 7.25. The van der Waals surface area contributed by atoms with Crippen molar-refractivity contribution in [2.45, 2.75) is 44.6 Å². The van der Waals surface area contributed by atoms with E-state index in [2.05, 4.69) is 24.4 Å². The second-order valence-corrected chi connectivity index (χ2v) is 5.62. The zero-order chi connectivity index (χ0) is 13.7. The van der Waals surface area contributed by atoms with Crippen LogP contribution in [0.1, 0.15) is 44.1 Å². The number of amides is 1. The maximum absolute atomic E-state index is 12.1. The smallest absolute Gasteiger partial charge is 0.220 e. The molecule has 3 atom stereocenters. The van der Waals surface area contributed by atoms with Gasteiger partial charge in [-0.05, 0) is 36.8 Å². The van der Waals surface area contributed by atoms with Crippen molar-refractivity contribution in [2.24, 2.45) is 11.7 Å². The molecule has 0 radical (unpaired) electrons. The molecule has 3 N–H and O–H groups in total. The van der Waals surface area contributed by atoms with E-state index in [1.54, 1.807) is 0 Å². The first kappa shape index (κ1) is 14.1. The second-order valence-electron chi connectivity index (χ2n) is 5.62. The van der Waals surface area contributed by atoms with Gasteiger partial charge >= 0.3 is 0 Å². The number of hydrogen-bond acceptors (Lipinski definition) is 2. The van der Waals surface area contributed by atoms with Crippen LogP contribution in [0.15, 0.2) is 30.3 Å². The Morgan fingerprint density at radius 1 is 1.37 bits per heavy atom. The van der Waals surface area contributed by atoms with E-state index in [4.69, 9.17) is 5.73 Å². The molecule has 1 amide bonds. The zero-order valence-corrected chi connectivity index (χ0v) is 11.6. The summed E-state index contributed by atoms with van der Waals surface area (Å²) in [6.07, 6.45) is 3.96. The van der Waals surface area contributed by atoms with E-state index >= 15 is 0 Å². The molecule has 1 aromatic rings. The number of nitrogens with two attached hydrogens (primary N) is 1. The van der Waals surface area contributed by atoms with Crippen molar-refractivity contribution in [3.63, 3.8) is 0 Å². The molecule has 2 rings (SSSR count). The third-order valence-electron chi connectivity index (χ3n) is 4.17. The lowest BCUT2D eigenvalue weighted by Gasteiger charge is -2.20. The molecule has 1 aliphatic carbocycles. The zero-order valence-electron chi connectivity index (χ0n) is 11.6. The molecule has 0 aromatic heterocycles. The summed E-state index contributed by atoms with van der Waals surface area (Å²) in [7, 11) is 0. The molecule has 3 nitrogen and oxygen atoms in total. The summed E-state index contributed by atoms with van der Waals surface area (Å²) in [5.41, 5.74) is 6.96. The molecule has 0 spiro atoms. The van der Waals surface area contributed by atoms with Gasteiger partial charge in [0.15, 0.2) is 0 Å². The Morgan fingerprint density at radius 3 is 2.79 bits per heavy atom. The molecule has 1 fully saturated rings. The number of hydrogen-bond donors (Lipinski definition) is 2. The molecule has 0 saturated heterocycles. The highest BCUT2D eigenvalue weighted by molar-refractivity contribution is 5.77. The van der Waals surface area contributed by atoms with Gasteiger partial charge in [0.05, 0.1) is 0 Å². The van der Waals surface area contributed by atoms with E-state index in [0.29, 0.717) is 24.9 Å². The van der Waals surface area contributed by atoms with Crippen LogP contribution in [0.2, 0.25) is 0 Å². The van der Waals surface area contributed by atoms with E-state index in [9.17, 15) is 4.79 Å². The molecule has 0 bridgehead atoms. The van der Waals surface area contributed by atoms with Crippen LogP contribution in [0.4, 0.5) is 0 Å². The maximum Gasteiger partial charge on any atom is 0.220 e. The first-order valence-electron chi connectivity index (χ1n) is 7.25. The molecule has 0 heterocycles. The maximum atomic E-state index is 12.1. The minimum absolute atomic E-state index is 0.154. The van der Waals surface area contributed by atoms with Gasteiger partial charge in [0.25, 0.3) is 0 Å². The van der Waals surface area contributed by atoms with Crippen molar-refractivity contribution in [1.29, 1.82) is 0 Å². The second kappa shape index (κ2) is 6.71. The Bertz CT molecular complexity index is 404. The van der Waals surface area contributed by atoms with Crippen molar-refractivity contribution >= 4 is 5.91 Å². The van der Waals surface area contributed by atoms with Crippen molar-refractivity contribution in [2.75, 3.05) is 6.54 Å². The number of benzene rings is 1. The van der Waals surface area contributed by atoms with Gasteiger partial charge < -0.3 is 11.1 Å². The summed E-state index contributed by atoms with van der Waals surface area (Å²) in [5.74, 6) is 0.886. The monoisotopic (exact) mass is 260 g/mol. The molecular weight excluding hydrogens is 236 g/mol. The fourth-order valence-corrected chi connectivity index (χ4v) is 2.95. The van der Waals surface area contributed by atoms with Crippen LogP contribution < -0.4 is 11.1 Å². The lowest BCUT2D eigenvalue weighted by molar-refractivity contribution is -0.122. The van der Waals surface area contributed by atoms with Gasteiger partial charge in [-0.15, -0.1) is 0 Å². The fraction of sp³-hybridized carbons (Fsp3) is 0.562.